The minimum absolute atomic E-state index is 0.122. The molecule has 0 aliphatic heterocycles. The standard InChI is InChI=1S/C12H11ClN2O2S/c1-9-5-11(8-14-7-9)15-18(16,17)12-4-2-3-10(13)6-12/h2-8,15H,1H3. The third kappa shape index (κ3) is 3.00. The Bertz CT molecular complexity index is 671. The summed E-state index contributed by atoms with van der Waals surface area (Å²) in [5, 5.41) is 0.375. The molecule has 0 fully saturated rings. The van der Waals surface area contributed by atoms with Crippen molar-refractivity contribution in [3.05, 3.63) is 53.3 Å². The summed E-state index contributed by atoms with van der Waals surface area (Å²) in [5.41, 5.74) is 1.30. The van der Waals surface area contributed by atoms with Gasteiger partial charge in [0, 0.05) is 11.2 Å². The molecule has 0 aliphatic rings. The molecule has 94 valence electrons. The Morgan fingerprint density at radius 3 is 2.67 bits per heavy atom. The molecule has 6 heteroatoms. The summed E-state index contributed by atoms with van der Waals surface area (Å²) in [4.78, 5) is 4.05. The highest BCUT2D eigenvalue weighted by atomic mass is 35.5. The molecule has 1 aromatic carbocycles. The maximum atomic E-state index is 12.1. The summed E-state index contributed by atoms with van der Waals surface area (Å²) < 4.78 is 26.6. The second-order valence-electron chi connectivity index (χ2n) is 3.81. The van der Waals surface area contributed by atoms with Crippen molar-refractivity contribution in [2.75, 3.05) is 4.72 Å². The number of aryl methyl sites for hydroxylation is 1. The zero-order valence-corrected chi connectivity index (χ0v) is 11.2. The molecule has 1 N–H and O–H groups in total. The summed E-state index contributed by atoms with van der Waals surface area (Å²) in [6.45, 7) is 1.84. The third-order valence-corrected chi connectivity index (χ3v) is 3.85. The van der Waals surface area contributed by atoms with E-state index in [1.54, 1.807) is 24.4 Å². The second kappa shape index (κ2) is 4.96. The fourth-order valence-corrected chi connectivity index (χ4v) is 2.79. The van der Waals surface area contributed by atoms with Gasteiger partial charge < -0.3 is 0 Å². The first-order chi connectivity index (χ1) is 8.47. The number of pyridine rings is 1. The molecule has 0 unspecified atom stereocenters. The van der Waals surface area contributed by atoms with Crippen LogP contribution in [0.5, 0.6) is 0 Å². The van der Waals surface area contributed by atoms with Gasteiger partial charge in [0.2, 0.25) is 0 Å². The molecular weight excluding hydrogens is 272 g/mol. The molecule has 0 saturated heterocycles. The SMILES string of the molecule is Cc1cncc(NS(=O)(=O)c2cccc(Cl)c2)c1. The Morgan fingerprint density at radius 2 is 2.00 bits per heavy atom. The number of hydrogen-bond acceptors (Lipinski definition) is 3. The van der Waals surface area contributed by atoms with E-state index in [0.717, 1.165) is 5.56 Å². The van der Waals surface area contributed by atoms with Crippen molar-refractivity contribution in [3.63, 3.8) is 0 Å². The first-order valence-corrected chi connectivity index (χ1v) is 7.03. The Hall–Kier alpha value is -1.59. The molecule has 4 nitrogen and oxygen atoms in total. The molecule has 0 radical (unpaired) electrons. The molecule has 1 aromatic heterocycles. The van der Waals surface area contributed by atoms with Crippen LogP contribution in [-0.4, -0.2) is 13.4 Å². The van der Waals surface area contributed by atoms with E-state index in [1.165, 1.54) is 18.3 Å². The monoisotopic (exact) mass is 282 g/mol. The highest BCUT2D eigenvalue weighted by molar-refractivity contribution is 7.92. The van der Waals surface area contributed by atoms with E-state index in [9.17, 15) is 8.42 Å². The van der Waals surface area contributed by atoms with Crippen molar-refractivity contribution in [1.82, 2.24) is 4.98 Å². The van der Waals surface area contributed by atoms with Crippen molar-refractivity contribution < 1.29 is 8.42 Å². The lowest BCUT2D eigenvalue weighted by atomic mass is 10.3. The molecule has 18 heavy (non-hydrogen) atoms. The van der Waals surface area contributed by atoms with Crippen LogP contribution < -0.4 is 4.72 Å². The van der Waals surface area contributed by atoms with Gasteiger partial charge in [-0.3, -0.25) is 9.71 Å². The molecule has 0 saturated carbocycles. The van der Waals surface area contributed by atoms with Gasteiger partial charge in [-0.1, -0.05) is 17.7 Å². The zero-order valence-electron chi connectivity index (χ0n) is 9.59. The summed E-state index contributed by atoms with van der Waals surface area (Å²) in [7, 11) is -3.63. The van der Waals surface area contributed by atoms with Crippen LogP contribution in [-0.2, 0) is 10.0 Å². The number of anilines is 1. The van der Waals surface area contributed by atoms with Crippen molar-refractivity contribution in [3.8, 4) is 0 Å². The number of nitrogens with zero attached hydrogens (tertiary/aromatic N) is 1. The Balaban J connectivity index is 2.33. The highest BCUT2D eigenvalue weighted by Crippen LogP contribution is 2.19. The number of sulfonamides is 1. The van der Waals surface area contributed by atoms with Crippen LogP contribution >= 0.6 is 11.6 Å². The molecular formula is C12H11ClN2O2S. The number of hydrogen-bond donors (Lipinski definition) is 1. The van der Waals surface area contributed by atoms with Crippen LogP contribution in [0.1, 0.15) is 5.56 Å². The molecule has 2 rings (SSSR count). The van der Waals surface area contributed by atoms with E-state index >= 15 is 0 Å². The van der Waals surface area contributed by atoms with E-state index < -0.39 is 10.0 Å². The number of aromatic nitrogens is 1. The molecule has 0 amide bonds. The van der Waals surface area contributed by atoms with E-state index in [4.69, 9.17) is 11.6 Å². The van der Waals surface area contributed by atoms with Crippen LogP contribution in [0.25, 0.3) is 0 Å². The first-order valence-electron chi connectivity index (χ1n) is 5.17. The Kier molecular flexibility index (Phi) is 3.54. The quantitative estimate of drug-likeness (QED) is 0.942. The van der Waals surface area contributed by atoms with Crippen molar-refractivity contribution in [2.45, 2.75) is 11.8 Å². The van der Waals surface area contributed by atoms with Gasteiger partial charge >= 0.3 is 0 Å². The Morgan fingerprint density at radius 1 is 1.22 bits per heavy atom. The summed E-state index contributed by atoms with van der Waals surface area (Å²) in [6, 6.07) is 7.79. The minimum Gasteiger partial charge on any atom is -0.278 e. The fourth-order valence-electron chi connectivity index (χ4n) is 1.46. The van der Waals surface area contributed by atoms with Crippen LogP contribution in [0.4, 0.5) is 5.69 Å². The lowest BCUT2D eigenvalue weighted by Gasteiger charge is -2.08. The predicted molar refractivity (Wildman–Crippen MR) is 71.2 cm³/mol. The smallest absolute Gasteiger partial charge is 0.261 e. The van der Waals surface area contributed by atoms with Crippen molar-refractivity contribution in [1.29, 1.82) is 0 Å². The van der Waals surface area contributed by atoms with Crippen LogP contribution in [0.2, 0.25) is 5.02 Å². The maximum Gasteiger partial charge on any atom is 0.261 e. The number of nitrogens with one attached hydrogen (secondary N) is 1. The van der Waals surface area contributed by atoms with Gasteiger partial charge in [-0.05, 0) is 36.8 Å². The summed E-state index contributed by atoms with van der Waals surface area (Å²) >= 11 is 5.77. The van der Waals surface area contributed by atoms with Gasteiger partial charge in [-0.15, -0.1) is 0 Å². The highest BCUT2D eigenvalue weighted by Gasteiger charge is 2.14. The van der Waals surface area contributed by atoms with Crippen molar-refractivity contribution >= 4 is 27.3 Å². The number of benzene rings is 1. The van der Waals surface area contributed by atoms with Crippen LogP contribution in [0.3, 0.4) is 0 Å². The molecule has 0 bridgehead atoms. The largest absolute Gasteiger partial charge is 0.278 e. The maximum absolute atomic E-state index is 12.1. The van der Waals surface area contributed by atoms with E-state index in [-0.39, 0.29) is 4.90 Å². The molecule has 0 atom stereocenters. The Labute approximate surface area is 111 Å². The first kappa shape index (κ1) is 12.9. The average Bonchev–Trinajstić information content (AvgIpc) is 2.28. The fraction of sp³-hybridized carbons (Fsp3) is 0.0833. The van der Waals surface area contributed by atoms with Gasteiger partial charge in [0.1, 0.15) is 0 Å². The van der Waals surface area contributed by atoms with Crippen molar-refractivity contribution in [2.24, 2.45) is 0 Å². The minimum atomic E-state index is -3.63. The van der Waals surface area contributed by atoms with E-state index in [2.05, 4.69) is 9.71 Å². The average molecular weight is 283 g/mol. The predicted octanol–water partition coefficient (Wildman–Crippen LogP) is 2.84. The lowest BCUT2D eigenvalue weighted by molar-refractivity contribution is 0.601. The zero-order chi connectivity index (χ0) is 13.2. The third-order valence-electron chi connectivity index (χ3n) is 2.23. The van der Waals surface area contributed by atoms with Gasteiger partial charge in [0.15, 0.2) is 0 Å². The normalized spacial score (nSPS) is 11.2. The molecule has 1 heterocycles. The molecule has 2 aromatic rings. The van der Waals surface area contributed by atoms with Gasteiger partial charge in [0.25, 0.3) is 10.0 Å². The molecule has 0 aliphatic carbocycles. The van der Waals surface area contributed by atoms with E-state index in [1.807, 2.05) is 6.92 Å². The van der Waals surface area contributed by atoms with E-state index in [0.29, 0.717) is 10.7 Å². The topological polar surface area (TPSA) is 59.1 Å². The van der Waals surface area contributed by atoms with Gasteiger partial charge in [-0.2, -0.15) is 0 Å². The lowest BCUT2D eigenvalue weighted by Crippen LogP contribution is -2.13. The second-order valence-corrected chi connectivity index (χ2v) is 5.93. The molecule has 0 spiro atoms. The van der Waals surface area contributed by atoms with Crippen LogP contribution in [0, 0.1) is 6.92 Å². The van der Waals surface area contributed by atoms with Gasteiger partial charge in [0.05, 0.1) is 16.8 Å². The summed E-state index contributed by atoms with van der Waals surface area (Å²) in [5.74, 6) is 0. The number of halogens is 1. The van der Waals surface area contributed by atoms with Gasteiger partial charge in [-0.25, -0.2) is 8.42 Å². The number of rotatable bonds is 3. The van der Waals surface area contributed by atoms with Crippen LogP contribution in [0.15, 0.2) is 47.6 Å². The summed E-state index contributed by atoms with van der Waals surface area (Å²) in [6.07, 6.45) is 3.10.